The number of fused-ring (bicyclic) bond motifs is 1. The lowest BCUT2D eigenvalue weighted by molar-refractivity contribution is -0.141. The largest absolute Gasteiger partial charge is 0.433 e. The summed E-state index contributed by atoms with van der Waals surface area (Å²) in [5.74, 6) is 0.705. The molecule has 3 heterocycles. The second kappa shape index (κ2) is 6.26. The zero-order valence-electron chi connectivity index (χ0n) is 14.2. The fraction of sp³-hybridized carbons (Fsp3) is 0.389. The third kappa shape index (κ3) is 3.00. The number of piperidine rings is 1. The van der Waals surface area contributed by atoms with Gasteiger partial charge in [-0.3, -0.25) is 0 Å². The molecular formula is C18H18F3N5. The SMILES string of the molecule is C[C@H]1CC[C@@H](c2ccccc2)N(c2cc(C(F)(F)F)nc3ncnn23)C1. The van der Waals surface area contributed by atoms with Crippen LogP contribution in [0.5, 0.6) is 0 Å². The van der Waals surface area contributed by atoms with Crippen LogP contribution in [0, 0.1) is 5.92 Å². The Balaban J connectivity index is 1.86. The van der Waals surface area contributed by atoms with Gasteiger partial charge in [0.25, 0.3) is 5.78 Å². The average molecular weight is 361 g/mol. The maximum absolute atomic E-state index is 13.3. The summed E-state index contributed by atoms with van der Waals surface area (Å²) in [6.45, 7) is 2.76. The van der Waals surface area contributed by atoms with Crippen molar-refractivity contribution in [2.45, 2.75) is 32.0 Å². The average Bonchev–Trinajstić information content (AvgIpc) is 3.09. The summed E-state index contributed by atoms with van der Waals surface area (Å²) in [5, 5.41) is 4.10. The standard InChI is InChI=1S/C18H18F3N5/c1-12-7-8-14(13-5-3-2-4-6-13)25(10-12)16-9-15(18(19,20)21)24-17-22-11-23-26(16)17/h2-6,9,11-12,14H,7-8,10H2,1H3/t12-,14-/m0/s1. The molecule has 4 rings (SSSR count). The molecule has 0 aliphatic carbocycles. The van der Waals surface area contributed by atoms with Crippen LogP contribution >= 0.6 is 0 Å². The molecule has 0 N–H and O–H groups in total. The van der Waals surface area contributed by atoms with Crippen molar-refractivity contribution in [1.82, 2.24) is 19.6 Å². The Kier molecular flexibility index (Phi) is 4.05. The van der Waals surface area contributed by atoms with Gasteiger partial charge in [0.1, 0.15) is 12.1 Å². The normalized spacial score (nSPS) is 21.3. The predicted octanol–water partition coefficient (Wildman–Crippen LogP) is 4.12. The van der Waals surface area contributed by atoms with Gasteiger partial charge in [0, 0.05) is 12.6 Å². The molecule has 2 aromatic heterocycles. The number of hydrogen-bond acceptors (Lipinski definition) is 4. The third-order valence-electron chi connectivity index (χ3n) is 4.82. The molecule has 8 heteroatoms. The Hall–Kier alpha value is -2.64. The molecule has 2 atom stereocenters. The van der Waals surface area contributed by atoms with Gasteiger partial charge in [0.2, 0.25) is 0 Å². The van der Waals surface area contributed by atoms with E-state index in [2.05, 4.69) is 22.0 Å². The van der Waals surface area contributed by atoms with Crippen LogP contribution in [-0.4, -0.2) is 26.1 Å². The van der Waals surface area contributed by atoms with Crippen LogP contribution in [0.25, 0.3) is 5.78 Å². The lowest BCUT2D eigenvalue weighted by Gasteiger charge is -2.40. The van der Waals surface area contributed by atoms with Gasteiger partial charge in [0.15, 0.2) is 5.69 Å². The molecule has 0 radical (unpaired) electrons. The van der Waals surface area contributed by atoms with Crippen molar-refractivity contribution in [1.29, 1.82) is 0 Å². The lowest BCUT2D eigenvalue weighted by Crippen LogP contribution is -2.38. The van der Waals surface area contributed by atoms with E-state index in [9.17, 15) is 13.2 Å². The fourth-order valence-electron chi connectivity index (χ4n) is 3.57. The van der Waals surface area contributed by atoms with E-state index in [-0.39, 0.29) is 11.8 Å². The highest BCUT2D eigenvalue weighted by molar-refractivity contribution is 5.50. The van der Waals surface area contributed by atoms with E-state index in [4.69, 9.17) is 0 Å². The number of alkyl halides is 3. The molecule has 1 saturated heterocycles. The highest BCUT2D eigenvalue weighted by atomic mass is 19.4. The number of benzene rings is 1. The Morgan fingerprint density at radius 2 is 1.88 bits per heavy atom. The van der Waals surface area contributed by atoms with Gasteiger partial charge in [-0.1, -0.05) is 37.3 Å². The van der Waals surface area contributed by atoms with Crippen LogP contribution in [-0.2, 0) is 6.18 Å². The van der Waals surface area contributed by atoms with E-state index in [1.807, 2.05) is 35.2 Å². The van der Waals surface area contributed by atoms with Crippen molar-refractivity contribution in [3.05, 3.63) is 54.0 Å². The van der Waals surface area contributed by atoms with Crippen LogP contribution in [0.15, 0.2) is 42.7 Å². The van der Waals surface area contributed by atoms with Gasteiger partial charge in [-0.25, -0.2) is 4.98 Å². The molecule has 1 aromatic carbocycles. The molecule has 0 bridgehead atoms. The van der Waals surface area contributed by atoms with E-state index in [1.54, 1.807) is 0 Å². The van der Waals surface area contributed by atoms with Gasteiger partial charge >= 0.3 is 6.18 Å². The maximum atomic E-state index is 13.3. The summed E-state index contributed by atoms with van der Waals surface area (Å²) in [5.41, 5.74) is 0.135. The Labute approximate surface area is 148 Å². The van der Waals surface area contributed by atoms with Crippen LogP contribution in [0.4, 0.5) is 19.0 Å². The second-order valence-electron chi connectivity index (χ2n) is 6.73. The van der Waals surface area contributed by atoms with Crippen molar-refractivity contribution < 1.29 is 13.2 Å². The van der Waals surface area contributed by atoms with Crippen molar-refractivity contribution in [2.75, 3.05) is 11.4 Å². The molecular weight excluding hydrogens is 343 g/mol. The summed E-state index contributed by atoms with van der Waals surface area (Å²) >= 11 is 0. The number of hydrogen-bond donors (Lipinski definition) is 0. The summed E-state index contributed by atoms with van der Waals surface area (Å²) in [6, 6.07) is 10.9. The number of rotatable bonds is 2. The van der Waals surface area contributed by atoms with E-state index in [0.717, 1.165) is 24.5 Å². The van der Waals surface area contributed by atoms with Crippen LogP contribution in [0.2, 0.25) is 0 Å². The van der Waals surface area contributed by atoms with Gasteiger partial charge in [-0.15, -0.1) is 0 Å². The van der Waals surface area contributed by atoms with Crippen molar-refractivity contribution >= 4 is 11.6 Å². The number of aromatic nitrogens is 4. The summed E-state index contributed by atoms with van der Waals surface area (Å²) in [7, 11) is 0. The van der Waals surface area contributed by atoms with Crippen LogP contribution in [0.3, 0.4) is 0 Å². The second-order valence-corrected chi connectivity index (χ2v) is 6.73. The highest BCUT2D eigenvalue weighted by Crippen LogP contribution is 2.38. The molecule has 1 aliphatic heterocycles. The van der Waals surface area contributed by atoms with Crippen LogP contribution in [0.1, 0.15) is 37.1 Å². The molecule has 136 valence electrons. The monoisotopic (exact) mass is 361 g/mol. The van der Waals surface area contributed by atoms with E-state index in [1.165, 1.54) is 10.8 Å². The van der Waals surface area contributed by atoms with Gasteiger partial charge in [-0.05, 0) is 24.3 Å². The number of halogens is 3. The molecule has 0 amide bonds. The fourth-order valence-corrected chi connectivity index (χ4v) is 3.57. The van der Waals surface area contributed by atoms with Crippen molar-refractivity contribution in [2.24, 2.45) is 5.92 Å². The molecule has 0 spiro atoms. The number of nitrogens with zero attached hydrogens (tertiary/aromatic N) is 5. The molecule has 1 aliphatic rings. The van der Waals surface area contributed by atoms with Crippen molar-refractivity contribution in [3.63, 3.8) is 0 Å². The van der Waals surface area contributed by atoms with Gasteiger partial charge < -0.3 is 4.90 Å². The first kappa shape index (κ1) is 16.8. The third-order valence-corrected chi connectivity index (χ3v) is 4.82. The zero-order chi connectivity index (χ0) is 18.3. The highest BCUT2D eigenvalue weighted by Gasteiger charge is 2.36. The molecule has 5 nitrogen and oxygen atoms in total. The lowest BCUT2D eigenvalue weighted by atomic mass is 9.90. The molecule has 0 saturated carbocycles. The molecule has 1 fully saturated rings. The van der Waals surface area contributed by atoms with E-state index >= 15 is 0 Å². The first-order valence-electron chi connectivity index (χ1n) is 8.53. The first-order chi connectivity index (χ1) is 12.4. The number of anilines is 1. The Morgan fingerprint density at radius 3 is 2.62 bits per heavy atom. The van der Waals surface area contributed by atoms with Crippen molar-refractivity contribution in [3.8, 4) is 0 Å². The quantitative estimate of drug-likeness (QED) is 0.689. The predicted molar refractivity (Wildman–Crippen MR) is 90.7 cm³/mol. The smallest absolute Gasteiger partial charge is 0.349 e. The molecule has 3 aromatic rings. The van der Waals surface area contributed by atoms with E-state index in [0.29, 0.717) is 18.3 Å². The van der Waals surface area contributed by atoms with E-state index < -0.39 is 11.9 Å². The minimum Gasteiger partial charge on any atom is -0.349 e. The summed E-state index contributed by atoms with van der Waals surface area (Å²) in [4.78, 5) is 9.50. The minimum atomic E-state index is -4.54. The summed E-state index contributed by atoms with van der Waals surface area (Å²) in [6.07, 6.45) is -1.41. The Bertz CT molecular complexity index is 906. The topological polar surface area (TPSA) is 46.3 Å². The van der Waals surface area contributed by atoms with Crippen LogP contribution < -0.4 is 4.90 Å². The maximum Gasteiger partial charge on any atom is 0.433 e. The zero-order valence-corrected chi connectivity index (χ0v) is 14.2. The molecule has 26 heavy (non-hydrogen) atoms. The molecule has 0 unspecified atom stereocenters. The first-order valence-corrected chi connectivity index (χ1v) is 8.53. The minimum absolute atomic E-state index is 0.0108. The Morgan fingerprint density at radius 1 is 1.12 bits per heavy atom. The van der Waals surface area contributed by atoms with Gasteiger partial charge in [0.05, 0.1) is 6.04 Å². The summed E-state index contributed by atoms with van der Waals surface area (Å²) < 4.78 is 41.4. The van der Waals surface area contributed by atoms with Gasteiger partial charge in [-0.2, -0.15) is 27.8 Å².